The number of nitrogens with two attached hydrogens (primary N) is 1. The van der Waals surface area contributed by atoms with E-state index in [4.69, 9.17) is 27.4 Å². The van der Waals surface area contributed by atoms with Crippen molar-refractivity contribution in [1.82, 2.24) is 14.9 Å². The minimum absolute atomic E-state index is 0.215. The number of nitrogens with one attached hydrogen (secondary N) is 1. The van der Waals surface area contributed by atoms with Crippen molar-refractivity contribution in [2.24, 2.45) is 10.8 Å². The number of benzene rings is 1. The first-order valence-electron chi connectivity index (χ1n) is 6.98. The van der Waals surface area contributed by atoms with Crippen LogP contribution in [0.3, 0.4) is 0 Å². The van der Waals surface area contributed by atoms with Crippen molar-refractivity contribution in [1.29, 1.82) is 0 Å². The van der Waals surface area contributed by atoms with Gasteiger partial charge in [0.1, 0.15) is 5.82 Å². The van der Waals surface area contributed by atoms with Gasteiger partial charge in [-0.25, -0.2) is 0 Å². The molecule has 0 radical (unpaired) electrons. The molecule has 1 aromatic heterocycles. The van der Waals surface area contributed by atoms with Crippen LogP contribution in [0.2, 0.25) is 0 Å². The lowest BCUT2D eigenvalue weighted by Crippen LogP contribution is -2.20. The molecule has 1 amide bonds. The molecule has 1 aromatic carbocycles. The Bertz CT molecular complexity index is 830. The van der Waals surface area contributed by atoms with Crippen molar-refractivity contribution >= 4 is 46.9 Å². The predicted molar refractivity (Wildman–Crippen MR) is 100 cm³/mol. The molecule has 1 heterocycles. The van der Waals surface area contributed by atoms with Crippen LogP contribution in [-0.2, 0) is 4.79 Å². The fourth-order valence-electron chi connectivity index (χ4n) is 1.84. The van der Waals surface area contributed by atoms with E-state index >= 15 is 0 Å². The van der Waals surface area contributed by atoms with Crippen molar-refractivity contribution in [2.45, 2.75) is 13.8 Å². The van der Waals surface area contributed by atoms with Gasteiger partial charge < -0.3 is 15.2 Å². The topological polar surface area (TPSA) is 108 Å². The molecule has 2 rings (SSSR count). The van der Waals surface area contributed by atoms with Crippen molar-refractivity contribution in [3.63, 3.8) is 0 Å². The number of aromatic amines is 1. The molecule has 10 heteroatoms. The van der Waals surface area contributed by atoms with Crippen LogP contribution in [0.4, 0.5) is 0 Å². The van der Waals surface area contributed by atoms with E-state index < -0.39 is 5.91 Å². The van der Waals surface area contributed by atoms with Gasteiger partial charge in [0.2, 0.25) is 4.77 Å². The van der Waals surface area contributed by atoms with E-state index in [1.165, 1.54) is 4.68 Å². The maximum absolute atomic E-state index is 10.9. The van der Waals surface area contributed by atoms with Crippen LogP contribution in [0, 0.1) is 15.3 Å². The number of ether oxygens (including phenoxy) is 2. The average Bonchev–Trinajstić information content (AvgIpc) is 2.83. The number of hydrogen-bond donors (Lipinski definition) is 2. The van der Waals surface area contributed by atoms with Gasteiger partial charge in [0.25, 0.3) is 5.91 Å². The lowest BCUT2D eigenvalue weighted by molar-refractivity contribution is -0.119. The summed E-state index contributed by atoms with van der Waals surface area (Å²) >= 11 is 7.20. The number of amides is 1. The van der Waals surface area contributed by atoms with Gasteiger partial charge in [-0.1, -0.05) is 0 Å². The van der Waals surface area contributed by atoms with Crippen LogP contribution in [0.5, 0.6) is 11.5 Å². The molecule has 0 bridgehead atoms. The first kappa shape index (κ1) is 18.4. The van der Waals surface area contributed by atoms with Gasteiger partial charge in [-0.3, -0.25) is 9.89 Å². The Morgan fingerprint density at radius 2 is 2.29 bits per heavy atom. The molecule has 8 nitrogen and oxygen atoms in total. The number of nitrogens with zero attached hydrogens (tertiary/aromatic N) is 3. The summed E-state index contributed by atoms with van der Waals surface area (Å²) in [7, 11) is 0. The Balaban J connectivity index is 2.34. The Labute approximate surface area is 157 Å². The molecule has 0 saturated heterocycles. The quantitative estimate of drug-likeness (QED) is 0.373. The standard InChI is InChI=1S/C14H16IN5O3S/c1-3-22-11-5-9(4-10(15)13(11)23-7-12(16)21)6-17-20-8(2)18-19-14(20)24/h4-6H,3,7H2,1-2H3,(H2,16,21)(H,19,24)/b17-6-. The largest absolute Gasteiger partial charge is 0.490 e. The van der Waals surface area contributed by atoms with Gasteiger partial charge in [0, 0.05) is 0 Å². The van der Waals surface area contributed by atoms with Crippen molar-refractivity contribution in [3.8, 4) is 11.5 Å². The molecule has 0 saturated carbocycles. The summed E-state index contributed by atoms with van der Waals surface area (Å²) in [5.74, 6) is 1.09. The SMILES string of the molecule is CCOc1cc(/C=N\n2c(C)n[nH]c2=S)cc(I)c1OCC(N)=O. The van der Waals surface area contributed by atoms with E-state index in [0.717, 1.165) is 9.13 Å². The number of H-pyrrole nitrogens is 1. The maximum atomic E-state index is 10.9. The van der Waals surface area contributed by atoms with Gasteiger partial charge in [-0.15, -0.1) is 0 Å². The third-order valence-electron chi connectivity index (χ3n) is 2.82. The second kappa shape index (κ2) is 8.24. The minimum atomic E-state index is -0.552. The van der Waals surface area contributed by atoms with Gasteiger partial charge >= 0.3 is 0 Å². The minimum Gasteiger partial charge on any atom is -0.490 e. The van der Waals surface area contributed by atoms with Crippen molar-refractivity contribution in [3.05, 3.63) is 31.9 Å². The highest BCUT2D eigenvalue weighted by Crippen LogP contribution is 2.33. The summed E-state index contributed by atoms with van der Waals surface area (Å²) in [6, 6.07) is 3.62. The molecule has 0 unspecified atom stereocenters. The summed E-state index contributed by atoms with van der Waals surface area (Å²) in [5.41, 5.74) is 5.91. The van der Waals surface area contributed by atoms with E-state index in [9.17, 15) is 4.79 Å². The van der Waals surface area contributed by atoms with Gasteiger partial charge in [-0.05, 0) is 66.4 Å². The fourth-order valence-corrected chi connectivity index (χ4v) is 2.85. The monoisotopic (exact) mass is 461 g/mol. The number of rotatable bonds is 7. The molecule has 128 valence electrons. The second-order valence-corrected chi connectivity index (χ2v) is 6.20. The molecular weight excluding hydrogens is 445 g/mol. The van der Waals surface area contributed by atoms with E-state index in [2.05, 4.69) is 37.9 Å². The van der Waals surface area contributed by atoms with E-state index in [1.807, 2.05) is 13.0 Å². The molecule has 0 aliphatic heterocycles. The Morgan fingerprint density at radius 3 is 2.88 bits per heavy atom. The first-order valence-corrected chi connectivity index (χ1v) is 8.47. The normalized spacial score (nSPS) is 11.0. The Morgan fingerprint density at radius 1 is 1.54 bits per heavy atom. The Kier molecular flexibility index (Phi) is 6.31. The highest BCUT2D eigenvalue weighted by molar-refractivity contribution is 14.1. The molecule has 0 fully saturated rings. The van der Waals surface area contributed by atoms with Gasteiger partial charge in [-0.2, -0.15) is 14.9 Å². The zero-order chi connectivity index (χ0) is 17.7. The molecule has 2 aromatic rings. The summed E-state index contributed by atoms with van der Waals surface area (Å²) in [4.78, 5) is 10.9. The molecule has 0 aliphatic carbocycles. The number of carbonyl (C=O) groups excluding carboxylic acids is 1. The fraction of sp³-hybridized carbons (Fsp3) is 0.286. The third kappa shape index (κ3) is 4.54. The number of halogens is 1. The number of hydrogen-bond acceptors (Lipinski definition) is 6. The molecular formula is C14H16IN5O3S. The summed E-state index contributed by atoms with van der Waals surface area (Å²) in [5, 5.41) is 11.0. The third-order valence-corrected chi connectivity index (χ3v) is 3.89. The van der Waals surface area contributed by atoms with E-state index in [-0.39, 0.29) is 6.61 Å². The zero-order valence-electron chi connectivity index (χ0n) is 13.1. The van der Waals surface area contributed by atoms with Crippen molar-refractivity contribution in [2.75, 3.05) is 13.2 Å². The summed E-state index contributed by atoms with van der Waals surface area (Å²) in [6.07, 6.45) is 1.64. The van der Waals surface area contributed by atoms with Crippen LogP contribution in [0.1, 0.15) is 18.3 Å². The lowest BCUT2D eigenvalue weighted by atomic mass is 10.2. The van der Waals surface area contributed by atoms with Gasteiger partial charge in [0.05, 0.1) is 16.4 Å². The number of aromatic nitrogens is 3. The van der Waals surface area contributed by atoms with E-state index in [1.54, 1.807) is 19.2 Å². The Hall–Kier alpha value is -1.95. The van der Waals surface area contributed by atoms with Crippen LogP contribution < -0.4 is 15.2 Å². The molecule has 0 atom stereocenters. The maximum Gasteiger partial charge on any atom is 0.255 e. The van der Waals surface area contributed by atoms with Crippen LogP contribution in [-0.4, -0.2) is 40.2 Å². The van der Waals surface area contributed by atoms with Gasteiger partial charge in [0.15, 0.2) is 18.1 Å². The number of aryl methyl sites for hydroxylation is 1. The second-order valence-electron chi connectivity index (χ2n) is 4.65. The highest BCUT2D eigenvalue weighted by Gasteiger charge is 2.13. The summed E-state index contributed by atoms with van der Waals surface area (Å²) in [6.45, 7) is 3.89. The van der Waals surface area contributed by atoms with Crippen LogP contribution in [0.15, 0.2) is 17.2 Å². The number of primary amides is 1. The van der Waals surface area contributed by atoms with Crippen LogP contribution >= 0.6 is 34.8 Å². The highest BCUT2D eigenvalue weighted by atomic mass is 127. The first-order chi connectivity index (χ1) is 11.4. The van der Waals surface area contributed by atoms with Crippen LogP contribution in [0.25, 0.3) is 0 Å². The van der Waals surface area contributed by atoms with Crippen molar-refractivity contribution < 1.29 is 14.3 Å². The lowest BCUT2D eigenvalue weighted by Gasteiger charge is -2.13. The molecule has 3 N–H and O–H groups in total. The molecule has 24 heavy (non-hydrogen) atoms. The molecule has 0 aliphatic rings. The predicted octanol–water partition coefficient (Wildman–Crippen LogP) is 2.00. The number of carbonyl (C=O) groups is 1. The zero-order valence-corrected chi connectivity index (χ0v) is 16.1. The smallest absolute Gasteiger partial charge is 0.255 e. The van der Waals surface area contributed by atoms with E-state index in [0.29, 0.717) is 28.7 Å². The summed E-state index contributed by atoms with van der Waals surface area (Å²) < 4.78 is 13.7. The average molecular weight is 461 g/mol. The molecule has 0 spiro atoms.